The van der Waals surface area contributed by atoms with Gasteiger partial charge in [0.15, 0.2) is 0 Å². The summed E-state index contributed by atoms with van der Waals surface area (Å²) in [5.41, 5.74) is 1.54. The zero-order valence-electron chi connectivity index (χ0n) is 12.4. The summed E-state index contributed by atoms with van der Waals surface area (Å²) in [6.45, 7) is 0.232. The van der Waals surface area contributed by atoms with Crippen molar-refractivity contribution in [2.45, 2.75) is 12.5 Å². The second-order valence-electron chi connectivity index (χ2n) is 4.82. The molecule has 0 aliphatic rings. The molecule has 2 rings (SSSR count). The molecule has 122 valence electrons. The van der Waals surface area contributed by atoms with Gasteiger partial charge in [-0.3, -0.25) is 9.89 Å². The topological polar surface area (TPSA) is 104 Å². The van der Waals surface area contributed by atoms with Crippen molar-refractivity contribution in [1.29, 1.82) is 0 Å². The molecular weight excluding hydrogens is 322 g/mol. The van der Waals surface area contributed by atoms with E-state index in [1.54, 1.807) is 30.3 Å². The monoisotopic (exact) mass is 337 g/mol. The first-order valence-electron chi connectivity index (χ1n) is 6.85. The smallest absolute Gasteiger partial charge is 0.326 e. The van der Waals surface area contributed by atoms with Crippen molar-refractivity contribution in [1.82, 2.24) is 15.5 Å². The SMILES string of the molecule is COCCC(NC(=O)c1cc(-c2ccc(Cl)cc2)n[nH]1)C(=O)O. The Balaban J connectivity index is 2.08. The maximum Gasteiger partial charge on any atom is 0.326 e. The Morgan fingerprint density at radius 2 is 2.09 bits per heavy atom. The molecule has 23 heavy (non-hydrogen) atoms. The van der Waals surface area contributed by atoms with Crippen molar-refractivity contribution in [3.8, 4) is 11.3 Å². The van der Waals surface area contributed by atoms with Gasteiger partial charge < -0.3 is 15.2 Å². The largest absolute Gasteiger partial charge is 0.480 e. The third kappa shape index (κ3) is 4.54. The van der Waals surface area contributed by atoms with Crippen LogP contribution < -0.4 is 5.32 Å². The Labute approximate surface area is 137 Å². The van der Waals surface area contributed by atoms with Gasteiger partial charge in [0.25, 0.3) is 5.91 Å². The van der Waals surface area contributed by atoms with Crippen molar-refractivity contribution >= 4 is 23.5 Å². The van der Waals surface area contributed by atoms with Gasteiger partial charge >= 0.3 is 5.97 Å². The molecule has 7 nitrogen and oxygen atoms in total. The van der Waals surface area contributed by atoms with E-state index < -0.39 is 17.9 Å². The number of benzene rings is 1. The first-order valence-corrected chi connectivity index (χ1v) is 7.23. The van der Waals surface area contributed by atoms with Crippen LogP contribution in [0.2, 0.25) is 5.02 Å². The predicted molar refractivity (Wildman–Crippen MR) is 84.4 cm³/mol. The molecule has 0 fully saturated rings. The first-order chi connectivity index (χ1) is 11.0. The second-order valence-corrected chi connectivity index (χ2v) is 5.26. The molecule has 1 atom stereocenters. The fourth-order valence-corrected chi connectivity index (χ4v) is 2.06. The summed E-state index contributed by atoms with van der Waals surface area (Å²) < 4.78 is 4.84. The van der Waals surface area contributed by atoms with E-state index in [9.17, 15) is 9.59 Å². The van der Waals surface area contributed by atoms with Crippen LogP contribution in [0.1, 0.15) is 16.9 Å². The van der Waals surface area contributed by atoms with Gasteiger partial charge in [0.05, 0.1) is 5.69 Å². The third-order valence-corrected chi connectivity index (χ3v) is 3.43. The molecule has 1 amide bonds. The summed E-state index contributed by atoms with van der Waals surface area (Å²) in [6, 6.07) is 7.52. The predicted octanol–water partition coefficient (Wildman–Crippen LogP) is 1.95. The second kappa shape index (κ2) is 7.75. The zero-order chi connectivity index (χ0) is 16.8. The number of halogens is 1. The van der Waals surface area contributed by atoms with Crippen LogP contribution in [-0.2, 0) is 9.53 Å². The number of carbonyl (C=O) groups is 2. The first kappa shape index (κ1) is 17.0. The number of aromatic nitrogens is 2. The number of aliphatic carboxylic acids is 1. The van der Waals surface area contributed by atoms with E-state index in [0.717, 1.165) is 5.56 Å². The van der Waals surface area contributed by atoms with Crippen LogP contribution in [0.15, 0.2) is 30.3 Å². The van der Waals surface area contributed by atoms with E-state index >= 15 is 0 Å². The number of methoxy groups -OCH3 is 1. The molecular formula is C15H16ClN3O4. The lowest BCUT2D eigenvalue weighted by Gasteiger charge is -2.12. The van der Waals surface area contributed by atoms with E-state index in [0.29, 0.717) is 10.7 Å². The Morgan fingerprint density at radius 1 is 1.39 bits per heavy atom. The number of aromatic amines is 1. The van der Waals surface area contributed by atoms with Crippen molar-refractivity contribution in [2.24, 2.45) is 0 Å². The summed E-state index contributed by atoms with van der Waals surface area (Å²) in [4.78, 5) is 23.2. The number of rotatable bonds is 7. The molecule has 2 aromatic rings. The van der Waals surface area contributed by atoms with Gasteiger partial charge in [0.2, 0.25) is 0 Å². The van der Waals surface area contributed by atoms with E-state index in [1.807, 2.05) is 0 Å². The van der Waals surface area contributed by atoms with Gasteiger partial charge in [-0.2, -0.15) is 5.10 Å². The molecule has 0 aliphatic heterocycles. The highest BCUT2D eigenvalue weighted by atomic mass is 35.5. The highest BCUT2D eigenvalue weighted by molar-refractivity contribution is 6.30. The molecule has 0 bridgehead atoms. The number of nitrogens with one attached hydrogen (secondary N) is 2. The standard InChI is InChI=1S/C15H16ClN3O4/c1-23-7-6-11(15(21)22)17-14(20)13-8-12(18-19-13)9-2-4-10(16)5-3-9/h2-5,8,11H,6-7H2,1H3,(H,17,20)(H,18,19)(H,21,22). The minimum atomic E-state index is -1.12. The number of carboxylic acid groups (broad SMARTS) is 1. The fraction of sp³-hybridized carbons (Fsp3) is 0.267. The van der Waals surface area contributed by atoms with E-state index in [-0.39, 0.29) is 18.7 Å². The highest BCUT2D eigenvalue weighted by Gasteiger charge is 2.21. The van der Waals surface area contributed by atoms with Gasteiger partial charge in [0, 0.05) is 30.7 Å². The van der Waals surface area contributed by atoms with Crippen molar-refractivity contribution < 1.29 is 19.4 Å². The van der Waals surface area contributed by atoms with Crippen LogP contribution in [0, 0.1) is 0 Å². The molecule has 1 unspecified atom stereocenters. The van der Waals surface area contributed by atoms with Crippen molar-refractivity contribution in [2.75, 3.05) is 13.7 Å². The lowest BCUT2D eigenvalue weighted by Crippen LogP contribution is -2.41. The summed E-state index contributed by atoms with van der Waals surface area (Å²) >= 11 is 5.83. The number of H-pyrrole nitrogens is 1. The highest BCUT2D eigenvalue weighted by Crippen LogP contribution is 2.20. The number of carbonyl (C=O) groups excluding carboxylic acids is 1. The van der Waals surface area contributed by atoms with Gasteiger partial charge in [0.1, 0.15) is 11.7 Å². The van der Waals surface area contributed by atoms with Gasteiger partial charge in [-0.25, -0.2) is 4.79 Å². The van der Waals surface area contributed by atoms with Crippen LogP contribution >= 0.6 is 11.6 Å². The lowest BCUT2D eigenvalue weighted by molar-refractivity contribution is -0.139. The van der Waals surface area contributed by atoms with Crippen LogP contribution in [0.25, 0.3) is 11.3 Å². The number of amides is 1. The van der Waals surface area contributed by atoms with Gasteiger partial charge in [-0.15, -0.1) is 0 Å². The molecule has 1 aromatic carbocycles. The third-order valence-electron chi connectivity index (χ3n) is 3.18. The number of ether oxygens (including phenoxy) is 1. The molecule has 3 N–H and O–H groups in total. The molecule has 1 aromatic heterocycles. The molecule has 0 spiro atoms. The Morgan fingerprint density at radius 3 is 2.70 bits per heavy atom. The van der Waals surface area contributed by atoms with Crippen LogP contribution in [0.3, 0.4) is 0 Å². The molecule has 0 saturated carbocycles. The average Bonchev–Trinajstić information content (AvgIpc) is 3.01. The van der Waals surface area contributed by atoms with Crippen LogP contribution in [0.5, 0.6) is 0 Å². The molecule has 0 radical (unpaired) electrons. The molecule has 0 aliphatic carbocycles. The lowest BCUT2D eigenvalue weighted by atomic mass is 10.1. The Bertz CT molecular complexity index is 684. The van der Waals surface area contributed by atoms with E-state index in [4.69, 9.17) is 21.4 Å². The summed E-state index contributed by atoms with van der Waals surface area (Å²) in [5, 5.41) is 18.8. The number of nitrogens with zero attached hydrogens (tertiary/aromatic N) is 1. The fourth-order valence-electron chi connectivity index (χ4n) is 1.94. The maximum absolute atomic E-state index is 12.1. The molecule has 0 saturated heterocycles. The quantitative estimate of drug-likeness (QED) is 0.716. The Kier molecular flexibility index (Phi) is 5.72. The summed E-state index contributed by atoms with van der Waals surface area (Å²) in [7, 11) is 1.47. The summed E-state index contributed by atoms with van der Waals surface area (Å²) in [5.74, 6) is -1.66. The van der Waals surface area contributed by atoms with Gasteiger partial charge in [-0.05, 0) is 18.2 Å². The number of hydrogen-bond acceptors (Lipinski definition) is 4. The van der Waals surface area contributed by atoms with Crippen LogP contribution in [0.4, 0.5) is 0 Å². The minimum Gasteiger partial charge on any atom is -0.480 e. The number of hydrogen-bond donors (Lipinski definition) is 3. The minimum absolute atomic E-state index is 0.176. The Hall–Kier alpha value is -2.38. The van der Waals surface area contributed by atoms with Crippen LogP contribution in [-0.4, -0.2) is 46.9 Å². The maximum atomic E-state index is 12.1. The normalized spacial score (nSPS) is 11.9. The van der Waals surface area contributed by atoms with E-state index in [2.05, 4.69) is 15.5 Å². The van der Waals surface area contributed by atoms with Crippen molar-refractivity contribution in [3.63, 3.8) is 0 Å². The van der Waals surface area contributed by atoms with Gasteiger partial charge in [-0.1, -0.05) is 23.7 Å². The number of carboxylic acids is 1. The van der Waals surface area contributed by atoms with Crippen molar-refractivity contribution in [3.05, 3.63) is 41.0 Å². The van der Waals surface area contributed by atoms with E-state index in [1.165, 1.54) is 7.11 Å². The molecule has 8 heteroatoms. The average molecular weight is 338 g/mol. The summed E-state index contributed by atoms with van der Waals surface area (Å²) in [6.07, 6.45) is 0.176. The molecule has 1 heterocycles. The zero-order valence-corrected chi connectivity index (χ0v) is 13.1.